The molecule has 2 aromatic heterocycles. The Labute approximate surface area is 774 Å². The molecular weight excluding hydrogens is 1700 g/mol. The molecule has 4 atom stereocenters. The van der Waals surface area contributed by atoms with Crippen LogP contribution in [0.15, 0.2) is 97.3 Å². The number of nitrogens with two attached hydrogens (primary N) is 2. The highest BCUT2D eigenvalue weighted by Gasteiger charge is 2.45. The molecule has 6 aromatic rings. The van der Waals surface area contributed by atoms with E-state index in [1.54, 1.807) is 44.1 Å². The van der Waals surface area contributed by atoms with Crippen molar-refractivity contribution in [1.82, 2.24) is 70.2 Å². The average molecular weight is 1830 g/mol. The van der Waals surface area contributed by atoms with Crippen LogP contribution < -0.4 is 57.7 Å². The number of ether oxygens (including phenoxy) is 2. The van der Waals surface area contributed by atoms with Crippen molar-refractivity contribution in [3.8, 4) is 0 Å². The molecule has 12 aliphatic heterocycles. The number of carboxylic acid groups (broad SMARTS) is 1. The molecule has 10 saturated heterocycles. The number of carbonyl (C=O) groups excluding carboxylic acids is 11. The minimum absolute atomic E-state index is 0.0177. The molecule has 0 bridgehead atoms. The number of likely N-dealkylation sites (tertiary alicyclic amines) is 1. The molecule has 133 heavy (non-hydrogen) atoms. The summed E-state index contributed by atoms with van der Waals surface area (Å²) in [5, 5.41) is 23.3. The molecule has 10 N–H and O–H groups in total. The summed E-state index contributed by atoms with van der Waals surface area (Å²) in [6.07, 6.45) is 20.5. The number of rotatable bonds is 28. The number of carboxylic acids is 1. The molecule has 18 rings (SSSR count). The van der Waals surface area contributed by atoms with Crippen molar-refractivity contribution in [3.63, 3.8) is 0 Å². The molecule has 0 aliphatic carbocycles. The highest BCUT2D eigenvalue weighted by atomic mass is 16.5. The summed E-state index contributed by atoms with van der Waals surface area (Å²) in [6, 6.07) is 26.8. The number of amides is 13. The van der Waals surface area contributed by atoms with Gasteiger partial charge in [0.15, 0.2) is 23.0 Å². The van der Waals surface area contributed by atoms with Gasteiger partial charge in [-0.05, 0) is 222 Å². The van der Waals surface area contributed by atoms with Crippen molar-refractivity contribution in [2.75, 3.05) is 175 Å². The number of nitrogens with zero attached hydrogens (tertiary/aromatic N) is 15. The molecule has 708 valence electrons. The SMILES string of the molecule is CN1CCN([C@@H]2CCCN(c3cnc(C(N)=O)c(Nc4ccc(N5CCC6(CCN(C(=O)CCOCCCc7cccc8c7CN(C7CCC(=O)NC7=O)C8=O)CC6)CC5)cc4)n3)C2)C1=O.CN1CCN([C@@H]2CCCN(c3cnc(C(N)=O)c(Nc4ccc(N5CCC6(CCNCC6)CC5)cc4)n3)C2)C1=O.O=C(O)CCOCCCc1cccc2c1CN(C1CCC(=O)NC1=O)C2=O. The van der Waals surface area contributed by atoms with Gasteiger partial charge in [0.1, 0.15) is 23.7 Å². The van der Waals surface area contributed by atoms with E-state index in [0.717, 1.165) is 189 Å². The Kier molecular flexibility index (Phi) is 29.6. The van der Waals surface area contributed by atoms with Gasteiger partial charge in [-0.1, -0.05) is 24.3 Å². The zero-order valence-corrected chi connectivity index (χ0v) is 76.2. The lowest BCUT2D eigenvalue weighted by Crippen LogP contribution is -2.52. The maximum atomic E-state index is 13.2. The van der Waals surface area contributed by atoms with E-state index in [1.165, 1.54) is 31.4 Å². The summed E-state index contributed by atoms with van der Waals surface area (Å²) >= 11 is 0. The van der Waals surface area contributed by atoms with Crippen LogP contribution in [-0.4, -0.2) is 300 Å². The van der Waals surface area contributed by atoms with E-state index >= 15 is 0 Å². The molecule has 37 heteroatoms. The minimum Gasteiger partial charge on any atom is -0.481 e. The summed E-state index contributed by atoms with van der Waals surface area (Å²) < 4.78 is 11.2. The number of likely N-dealkylation sites (N-methyl/N-ethyl adjacent to an activating group) is 2. The van der Waals surface area contributed by atoms with Crippen molar-refractivity contribution in [2.24, 2.45) is 22.3 Å². The number of piperidine rings is 8. The monoisotopic (exact) mass is 1820 g/mol. The Morgan fingerprint density at radius 2 is 0.902 bits per heavy atom. The third-order valence-electron chi connectivity index (χ3n) is 29.0. The molecule has 13 amide bonds. The van der Waals surface area contributed by atoms with E-state index in [1.807, 2.05) is 77.3 Å². The van der Waals surface area contributed by atoms with Gasteiger partial charge in [-0.15, -0.1) is 0 Å². The van der Waals surface area contributed by atoms with E-state index in [0.29, 0.717) is 124 Å². The number of aryl methyl sites for hydroxylation is 2. The average Bonchev–Trinajstić information content (AvgIpc) is 1.70. The smallest absolute Gasteiger partial charge is 0.320 e. The number of hydrogen-bond acceptors (Lipinski definition) is 25. The van der Waals surface area contributed by atoms with E-state index in [-0.39, 0.29) is 96.4 Å². The van der Waals surface area contributed by atoms with Gasteiger partial charge in [0.25, 0.3) is 23.6 Å². The van der Waals surface area contributed by atoms with Crippen LogP contribution in [0.4, 0.5) is 55.6 Å². The van der Waals surface area contributed by atoms with Crippen LogP contribution >= 0.6 is 0 Å². The lowest BCUT2D eigenvalue weighted by Gasteiger charge is -2.47. The predicted molar refractivity (Wildman–Crippen MR) is 496 cm³/mol. The van der Waals surface area contributed by atoms with Gasteiger partial charge < -0.3 is 95.9 Å². The lowest BCUT2D eigenvalue weighted by molar-refractivity contribution is -0.139. The summed E-state index contributed by atoms with van der Waals surface area (Å²) in [4.78, 5) is 187. The van der Waals surface area contributed by atoms with Crippen molar-refractivity contribution in [3.05, 3.63) is 142 Å². The van der Waals surface area contributed by atoms with Gasteiger partial charge in [-0.2, -0.15) is 0 Å². The van der Waals surface area contributed by atoms with Gasteiger partial charge in [0.05, 0.1) is 50.5 Å². The first-order valence-electron chi connectivity index (χ1n) is 47.3. The quantitative estimate of drug-likeness (QED) is 0.0178. The number of urea groups is 2. The van der Waals surface area contributed by atoms with Crippen molar-refractivity contribution in [2.45, 2.75) is 179 Å². The number of aromatic nitrogens is 4. The number of benzene rings is 4. The highest BCUT2D eigenvalue weighted by Crippen LogP contribution is 2.45. The maximum absolute atomic E-state index is 13.2. The summed E-state index contributed by atoms with van der Waals surface area (Å²) in [6.45, 7) is 15.9. The fourth-order valence-electron chi connectivity index (χ4n) is 21.1. The van der Waals surface area contributed by atoms with Gasteiger partial charge in [-0.3, -0.25) is 58.6 Å². The van der Waals surface area contributed by atoms with Crippen LogP contribution in [0.1, 0.15) is 192 Å². The first-order chi connectivity index (χ1) is 64.3. The van der Waals surface area contributed by atoms with Crippen molar-refractivity contribution >= 4 is 117 Å². The van der Waals surface area contributed by atoms with Crippen molar-refractivity contribution in [1.29, 1.82) is 0 Å². The van der Waals surface area contributed by atoms with Crippen LogP contribution in [0.3, 0.4) is 0 Å². The number of aliphatic carboxylic acids is 1. The molecule has 12 aliphatic rings. The zero-order valence-electron chi connectivity index (χ0n) is 76.2. The van der Waals surface area contributed by atoms with Gasteiger partial charge >= 0.3 is 18.0 Å². The largest absolute Gasteiger partial charge is 0.481 e. The van der Waals surface area contributed by atoms with Crippen LogP contribution in [0.25, 0.3) is 0 Å². The Balaban J connectivity index is 0.000000162. The van der Waals surface area contributed by atoms with Gasteiger partial charge in [0, 0.05) is 179 Å². The molecule has 0 saturated carbocycles. The third kappa shape index (κ3) is 22.0. The zero-order chi connectivity index (χ0) is 93.0. The highest BCUT2D eigenvalue weighted by molar-refractivity contribution is 6.07. The third-order valence-corrected chi connectivity index (χ3v) is 29.0. The van der Waals surface area contributed by atoms with E-state index < -0.39 is 41.7 Å². The van der Waals surface area contributed by atoms with E-state index in [2.05, 4.69) is 80.4 Å². The minimum atomic E-state index is -0.886. The molecule has 14 heterocycles. The predicted octanol–water partition coefficient (Wildman–Crippen LogP) is 7.16. The second-order valence-corrected chi connectivity index (χ2v) is 37.3. The number of fused-ring (bicyclic) bond motifs is 2. The number of anilines is 8. The normalized spacial score (nSPS) is 21.8. The van der Waals surface area contributed by atoms with Gasteiger partial charge in [0.2, 0.25) is 29.5 Å². The fraction of sp³-hybridized carbons (Fsp3) is 0.542. The first kappa shape index (κ1) is 93.6. The fourth-order valence-corrected chi connectivity index (χ4v) is 21.1. The first-order valence-corrected chi connectivity index (χ1v) is 47.3. The second kappa shape index (κ2) is 42.1. The summed E-state index contributed by atoms with van der Waals surface area (Å²) in [7, 11) is 3.68. The van der Waals surface area contributed by atoms with Crippen LogP contribution in [0.2, 0.25) is 0 Å². The lowest BCUT2D eigenvalue weighted by atomic mass is 9.71. The number of nitrogens with one attached hydrogen (secondary N) is 5. The second-order valence-electron chi connectivity index (χ2n) is 37.3. The number of imide groups is 2. The Hall–Kier alpha value is -12.6. The van der Waals surface area contributed by atoms with E-state index in [4.69, 9.17) is 36.0 Å². The summed E-state index contributed by atoms with van der Waals surface area (Å²) in [5.41, 5.74) is 21.4. The molecule has 2 spiro atoms. The molecule has 2 unspecified atom stereocenters. The van der Waals surface area contributed by atoms with Crippen molar-refractivity contribution < 1.29 is 72.1 Å². The van der Waals surface area contributed by atoms with Crippen LogP contribution in [-0.2, 0) is 64.2 Å². The Bertz CT molecular complexity index is 5300. The number of primary amides is 2. The van der Waals surface area contributed by atoms with Gasteiger partial charge in [-0.25, -0.2) is 29.5 Å². The molecule has 10 fully saturated rings. The molecule has 37 nitrogen and oxygen atoms in total. The standard InChI is InChI=1S/C48H61N11O7.C29H41N9O2.C19H22N2O6/c1-54-25-26-58(47(54)65)35-7-3-20-57(30-35)39-29-50-42(43(49)62)44(52-39)51-33-9-11-34(12-10-33)55-21-16-48(17-22-55)18-23-56(24-19-48)41(61)15-28-66-27-4-6-32-5-2-8-36-37(32)31-59(46(36)64)38-13-14-40(60)53-45(38)63;1-35-17-18-38(28(35)40)23-3-2-14-37(20-23)24-19-32-25(26(30)39)27(34-24)33-21-4-6-22(7-5-21)36-15-10-29(11-16-36)8-12-31-13-9-29;22-16-7-6-15(18(25)20-16)21-11-14-12(3-1-5-13(14)19(21)26)4-2-9-27-10-8-17(23)24/h2,5,8-12,29,35,38H,3-4,6-7,13-28,30-31H2,1H3,(H2,49,62)(H,51,52)(H,53,60,63);4-7,19,23,31H,2-3,8-18,20H2,1H3,(H2,30,39)(H,33,34);1,3,5,15H,2,4,6-11H2,(H,23,24)(H,20,22,25)/t35-,38?;23-;/m11./s1. The molecule has 4 aromatic carbocycles. The summed E-state index contributed by atoms with van der Waals surface area (Å²) in [5.74, 6) is -1.87. The maximum Gasteiger partial charge on any atom is 0.320 e. The molecule has 0 radical (unpaired) electrons. The topological polar surface area (TPSA) is 443 Å². The Morgan fingerprint density at radius 1 is 0.481 bits per heavy atom. The number of hydrogen-bond donors (Lipinski definition) is 8. The van der Waals surface area contributed by atoms with Crippen LogP contribution in [0.5, 0.6) is 0 Å². The van der Waals surface area contributed by atoms with Crippen LogP contribution in [0, 0.1) is 10.8 Å². The molecular formula is C96H124N22O15. The van der Waals surface area contributed by atoms with E-state index in [9.17, 15) is 57.5 Å². The number of carbonyl (C=O) groups is 12. The Morgan fingerprint density at radius 3 is 1.31 bits per heavy atom.